The first-order valence-corrected chi connectivity index (χ1v) is 7.14. The molecule has 0 amide bonds. The molecule has 19 heavy (non-hydrogen) atoms. The number of nitrogens with one attached hydrogen (secondary N) is 3. The number of pyridine rings is 1. The van der Waals surface area contributed by atoms with Crippen molar-refractivity contribution in [3.8, 4) is 0 Å². The summed E-state index contributed by atoms with van der Waals surface area (Å²) < 4.78 is 26.3. The van der Waals surface area contributed by atoms with Crippen LogP contribution in [0.3, 0.4) is 0 Å². The second-order valence-corrected chi connectivity index (χ2v) is 5.43. The average molecular weight is 282 g/mol. The lowest BCUT2D eigenvalue weighted by molar-refractivity contribution is 0.579. The van der Waals surface area contributed by atoms with Gasteiger partial charge in [0.1, 0.15) is 22.9 Å². The lowest BCUT2D eigenvalue weighted by Crippen LogP contribution is -2.24. The molecule has 2 aromatic heterocycles. The minimum atomic E-state index is -3.60. The van der Waals surface area contributed by atoms with Crippen LogP contribution in [0.15, 0.2) is 29.6 Å². The zero-order valence-corrected chi connectivity index (χ0v) is 11.1. The second-order valence-electron chi connectivity index (χ2n) is 3.67. The van der Waals surface area contributed by atoms with E-state index >= 15 is 0 Å². The van der Waals surface area contributed by atoms with Gasteiger partial charge in [-0.3, -0.25) is 5.10 Å². The van der Waals surface area contributed by atoms with E-state index in [9.17, 15) is 8.42 Å². The predicted octanol–water partition coefficient (Wildman–Crippen LogP) is 0.110. The number of sulfonamides is 1. The quantitative estimate of drug-likeness (QED) is 0.693. The third kappa shape index (κ3) is 3.48. The van der Waals surface area contributed by atoms with E-state index in [2.05, 4.69) is 30.2 Å². The molecule has 0 spiro atoms. The summed E-state index contributed by atoms with van der Waals surface area (Å²) in [5.74, 6) is 1.08. The van der Waals surface area contributed by atoms with Crippen LogP contribution in [0, 0.1) is 0 Å². The van der Waals surface area contributed by atoms with Gasteiger partial charge in [-0.15, -0.1) is 0 Å². The topological polar surface area (TPSA) is 113 Å². The average Bonchev–Trinajstić information content (AvgIpc) is 2.91. The number of anilines is 1. The van der Waals surface area contributed by atoms with E-state index in [0.717, 1.165) is 6.54 Å². The smallest absolute Gasteiger partial charge is 0.242 e. The number of aromatic nitrogens is 4. The van der Waals surface area contributed by atoms with Crippen LogP contribution in [0.5, 0.6) is 0 Å². The normalized spacial score (nSPS) is 11.4. The predicted molar refractivity (Wildman–Crippen MR) is 68.8 cm³/mol. The highest BCUT2D eigenvalue weighted by Gasteiger charge is 2.14. The Kier molecular flexibility index (Phi) is 4.07. The SMILES string of the molecule is CCNc1ccc(S(=O)(=O)NCc2ncn[nH]2)cn1. The van der Waals surface area contributed by atoms with Crippen LogP contribution in [-0.2, 0) is 16.6 Å². The summed E-state index contributed by atoms with van der Waals surface area (Å²) in [4.78, 5) is 7.95. The fourth-order valence-electron chi connectivity index (χ4n) is 1.39. The van der Waals surface area contributed by atoms with Gasteiger partial charge in [0.15, 0.2) is 0 Å². The van der Waals surface area contributed by atoms with Crippen molar-refractivity contribution in [1.82, 2.24) is 24.9 Å². The Morgan fingerprint density at radius 2 is 2.16 bits per heavy atom. The van der Waals surface area contributed by atoms with Crippen LogP contribution in [0.4, 0.5) is 5.82 Å². The number of aromatic amines is 1. The van der Waals surface area contributed by atoms with Gasteiger partial charge in [0.25, 0.3) is 0 Å². The molecule has 3 N–H and O–H groups in total. The molecule has 0 aliphatic rings. The molecule has 0 bridgehead atoms. The summed E-state index contributed by atoms with van der Waals surface area (Å²) in [5.41, 5.74) is 0. The van der Waals surface area contributed by atoms with Gasteiger partial charge in [0.2, 0.25) is 10.0 Å². The van der Waals surface area contributed by atoms with Crippen molar-refractivity contribution in [2.75, 3.05) is 11.9 Å². The zero-order chi connectivity index (χ0) is 13.7. The van der Waals surface area contributed by atoms with Crippen LogP contribution in [-0.4, -0.2) is 35.1 Å². The first-order chi connectivity index (χ1) is 9.12. The van der Waals surface area contributed by atoms with Crippen LogP contribution < -0.4 is 10.0 Å². The van der Waals surface area contributed by atoms with Gasteiger partial charge >= 0.3 is 0 Å². The Morgan fingerprint density at radius 3 is 2.74 bits per heavy atom. The molecule has 2 rings (SSSR count). The Bertz CT molecular complexity index is 608. The summed E-state index contributed by atoms with van der Waals surface area (Å²) in [6.45, 7) is 2.71. The molecule has 0 aromatic carbocycles. The van der Waals surface area contributed by atoms with E-state index < -0.39 is 10.0 Å². The molecular weight excluding hydrogens is 268 g/mol. The second kappa shape index (κ2) is 5.76. The lowest BCUT2D eigenvalue weighted by Gasteiger charge is -2.06. The summed E-state index contributed by atoms with van der Waals surface area (Å²) >= 11 is 0. The molecule has 0 saturated heterocycles. The Labute approximate surface area is 110 Å². The maximum Gasteiger partial charge on any atom is 0.242 e. The van der Waals surface area contributed by atoms with Crippen LogP contribution in [0.2, 0.25) is 0 Å². The molecule has 0 radical (unpaired) electrons. The lowest BCUT2D eigenvalue weighted by atomic mass is 10.4. The summed E-state index contributed by atoms with van der Waals surface area (Å²) in [7, 11) is -3.60. The Hall–Kier alpha value is -2.00. The maximum absolute atomic E-state index is 12.0. The standard InChI is InChI=1S/C10H14N6O2S/c1-2-11-9-4-3-8(5-12-9)19(17,18)15-6-10-13-7-14-16-10/h3-5,7,15H,2,6H2,1H3,(H,11,12)(H,13,14,16). The summed E-state index contributed by atoms with van der Waals surface area (Å²) in [6, 6.07) is 3.11. The first-order valence-electron chi connectivity index (χ1n) is 5.65. The largest absolute Gasteiger partial charge is 0.370 e. The van der Waals surface area contributed by atoms with Crippen molar-refractivity contribution in [1.29, 1.82) is 0 Å². The van der Waals surface area contributed by atoms with E-state index in [1.165, 1.54) is 18.6 Å². The Morgan fingerprint density at radius 1 is 1.32 bits per heavy atom. The highest BCUT2D eigenvalue weighted by atomic mass is 32.2. The van der Waals surface area contributed by atoms with Crippen molar-refractivity contribution >= 4 is 15.8 Å². The molecule has 0 aliphatic heterocycles. The third-order valence-corrected chi connectivity index (χ3v) is 3.69. The number of nitrogens with zero attached hydrogens (tertiary/aromatic N) is 3. The van der Waals surface area contributed by atoms with Crippen molar-refractivity contribution in [2.24, 2.45) is 0 Å². The van der Waals surface area contributed by atoms with Crippen LogP contribution in [0.1, 0.15) is 12.7 Å². The monoisotopic (exact) mass is 282 g/mol. The van der Waals surface area contributed by atoms with Crippen molar-refractivity contribution in [2.45, 2.75) is 18.4 Å². The molecule has 9 heteroatoms. The summed E-state index contributed by atoms with van der Waals surface area (Å²) in [6.07, 6.45) is 2.62. The zero-order valence-electron chi connectivity index (χ0n) is 10.3. The number of rotatable bonds is 6. The first kappa shape index (κ1) is 13.4. The summed E-state index contributed by atoms with van der Waals surface area (Å²) in [5, 5.41) is 9.20. The number of hydrogen-bond donors (Lipinski definition) is 3. The molecule has 0 aliphatic carbocycles. The fourth-order valence-corrected chi connectivity index (χ4v) is 2.32. The molecule has 0 atom stereocenters. The highest BCUT2D eigenvalue weighted by molar-refractivity contribution is 7.89. The van der Waals surface area contributed by atoms with Crippen molar-refractivity contribution in [3.63, 3.8) is 0 Å². The number of hydrogen-bond acceptors (Lipinski definition) is 6. The minimum absolute atomic E-state index is 0.0529. The van der Waals surface area contributed by atoms with Gasteiger partial charge in [-0.05, 0) is 19.1 Å². The molecular formula is C10H14N6O2S. The van der Waals surface area contributed by atoms with Gasteiger partial charge in [-0.25, -0.2) is 23.1 Å². The number of H-pyrrole nitrogens is 1. The van der Waals surface area contributed by atoms with Crippen molar-refractivity contribution < 1.29 is 8.42 Å². The third-order valence-electron chi connectivity index (χ3n) is 2.30. The van der Waals surface area contributed by atoms with Crippen LogP contribution >= 0.6 is 0 Å². The maximum atomic E-state index is 12.0. The van der Waals surface area contributed by atoms with Crippen LogP contribution in [0.25, 0.3) is 0 Å². The molecule has 8 nitrogen and oxygen atoms in total. The van der Waals surface area contributed by atoms with Gasteiger partial charge in [-0.2, -0.15) is 5.10 Å². The fraction of sp³-hybridized carbons (Fsp3) is 0.300. The van der Waals surface area contributed by atoms with E-state index in [1.807, 2.05) is 6.92 Å². The molecule has 102 valence electrons. The molecule has 0 saturated carbocycles. The molecule has 2 aromatic rings. The molecule has 2 heterocycles. The van der Waals surface area contributed by atoms with Gasteiger partial charge < -0.3 is 5.32 Å². The van der Waals surface area contributed by atoms with E-state index in [0.29, 0.717) is 11.6 Å². The van der Waals surface area contributed by atoms with Gasteiger partial charge in [0.05, 0.1) is 6.54 Å². The van der Waals surface area contributed by atoms with E-state index in [4.69, 9.17) is 0 Å². The van der Waals surface area contributed by atoms with Crippen molar-refractivity contribution in [3.05, 3.63) is 30.5 Å². The highest BCUT2D eigenvalue weighted by Crippen LogP contribution is 2.10. The Balaban J connectivity index is 2.06. The van der Waals surface area contributed by atoms with Gasteiger partial charge in [-0.1, -0.05) is 0 Å². The van der Waals surface area contributed by atoms with Gasteiger partial charge in [0, 0.05) is 12.7 Å². The molecule has 0 unspecified atom stereocenters. The minimum Gasteiger partial charge on any atom is -0.370 e. The van der Waals surface area contributed by atoms with E-state index in [1.54, 1.807) is 6.07 Å². The molecule has 0 fully saturated rings. The van der Waals surface area contributed by atoms with E-state index in [-0.39, 0.29) is 11.4 Å².